The average molecular weight is 260 g/mol. The zero-order valence-corrected chi connectivity index (χ0v) is 11.8. The van der Waals surface area contributed by atoms with Gasteiger partial charge in [-0.05, 0) is 44.0 Å². The van der Waals surface area contributed by atoms with E-state index in [1.54, 1.807) is 0 Å². The van der Waals surface area contributed by atoms with Gasteiger partial charge in [-0.15, -0.1) is 0 Å². The predicted octanol–water partition coefficient (Wildman–Crippen LogP) is 1.08. The first-order valence-electron chi connectivity index (χ1n) is 7.28. The van der Waals surface area contributed by atoms with Gasteiger partial charge in [-0.1, -0.05) is 0 Å². The maximum absolute atomic E-state index is 6.13. The minimum Gasteiger partial charge on any atom is -0.329 e. The molecule has 0 spiro atoms. The van der Waals surface area contributed by atoms with Crippen molar-refractivity contribution in [3.05, 3.63) is 30.1 Å². The van der Waals surface area contributed by atoms with Crippen molar-refractivity contribution in [1.82, 2.24) is 14.8 Å². The number of nitrogens with zero attached hydrogens (tertiary/aromatic N) is 3. The standard InChI is InChI=1S/C15H24N4/c1-18(10-13-4-7-17-8-5-13)15(11-16)6-9-19(12-15)14-2-3-14/h4-5,7-8,14H,2-3,6,9-12,16H2,1H3. The summed E-state index contributed by atoms with van der Waals surface area (Å²) in [6.07, 6.45) is 7.69. The van der Waals surface area contributed by atoms with E-state index < -0.39 is 0 Å². The molecule has 0 radical (unpaired) electrons. The van der Waals surface area contributed by atoms with Gasteiger partial charge in [0.1, 0.15) is 0 Å². The molecule has 0 aromatic carbocycles. The van der Waals surface area contributed by atoms with E-state index in [4.69, 9.17) is 5.73 Å². The molecule has 1 atom stereocenters. The van der Waals surface area contributed by atoms with E-state index in [2.05, 4.69) is 34.0 Å². The number of likely N-dealkylation sites (tertiary alicyclic amines) is 1. The van der Waals surface area contributed by atoms with Gasteiger partial charge in [0, 0.05) is 50.2 Å². The van der Waals surface area contributed by atoms with Crippen LogP contribution in [-0.4, -0.2) is 53.0 Å². The van der Waals surface area contributed by atoms with E-state index in [0.29, 0.717) is 0 Å². The Morgan fingerprint density at radius 3 is 2.79 bits per heavy atom. The third-order valence-corrected chi connectivity index (χ3v) is 4.78. The summed E-state index contributed by atoms with van der Waals surface area (Å²) in [5.74, 6) is 0. The molecule has 104 valence electrons. The van der Waals surface area contributed by atoms with Gasteiger partial charge < -0.3 is 5.73 Å². The number of likely N-dealkylation sites (N-methyl/N-ethyl adjacent to an activating group) is 1. The van der Waals surface area contributed by atoms with Crippen molar-refractivity contribution in [2.24, 2.45) is 5.73 Å². The van der Waals surface area contributed by atoms with Crippen molar-refractivity contribution in [3.8, 4) is 0 Å². The lowest BCUT2D eigenvalue weighted by Gasteiger charge is -2.38. The second-order valence-electron chi connectivity index (χ2n) is 6.09. The highest BCUT2D eigenvalue weighted by Crippen LogP contribution is 2.35. The summed E-state index contributed by atoms with van der Waals surface area (Å²) >= 11 is 0. The van der Waals surface area contributed by atoms with Crippen molar-refractivity contribution in [1.29, 1.82) is 0 Å². The van der Waals surface area contributed by atoms with Crippen LogP contribution in [0, 0.1) is 0 Å². The number of hydrogen-bond acceptors (Lipinski definition) is 4. The second-order valence-corrected chi connectivity index (χ2v) is 6.09. The normalized spacial score (nSPS) is 28.2. The van der Waals surface area contributed by atoms with Crippen LogP contribution in [0.15, 0.2) is 24.5 Å². The highest BCUT2D eigenvalue weighted by molar-refractivity contribution is 5.11. The van der Waals surface area contributed by atoms with Crippen LogP contribution in [0.3, 0.4) is 0 Å². The molecular formula is C15H24N4. The zero-order valence-electron chi connectivity index (χ0n) is 11.8. The Morgan fingerprint density at radius 2 is 2.16 bits per heavy atom. The van der Waals surface area contributed by atoms with Crippen LogP contribution in [0.4, 0.5) is 0 Å². The molecule has 1 aromatic heterocycles. The van der Waals surface area contributed by atoms with Crippen LogP contribution >= 0.6 is 0 Å². The Kier molecular flexibility index (Phi) is 3.56. The average Bonchev–Trinajstić information content (AvgIpc) is 3.19. The molecule has 2 heterocycles. The summed E-state index contributed by atoms with van der Waals surface area (Å²) in [6.45, 7) is 4.05. The van der Waals surface area contributed by atoms with Crippen LogP contribution < -0.4 is 5.73 Å². The highest BCUT2D eigenvalue weighted by atomic mass is 15.3. The van der Waals surface area contributed by atoms with Crippen molar-refractivity contribution >= 4 is 0 Å². The molecule has 1 saturated heterocycles. The molecule has 19 heavy (non-hydrogen) atoms. The van der Waals surface area contributed by atoms with E-state index in [9.17, 15) is 0 Å². The molecular weight excluding hydrogens is 236 g/mol. The number of aromatic nitrogens is 1. The van der Waals surface area contributed by atoms with E-state index in [0.717, 1.165) is 25.7 Å². The van der Waals surface area contributed by atoms with Crippen molar-refractivity contribution in [2.75, 3.05) is 26.7 Å². The first-order valence-corrected chi connectivity index (χ1v) is 7.28. The molecule has 2 aliphatic rings. The largest absolute Gasteiger partial charge is 0.329 e. The first kappa shape index (κ1) is 13.0. The van der Waals surface area contributed by atoms with Crippen LogP contribution in [0.25, 0.3) is 0 Å². The minimum absolute atomic E-state index is 0.159. The number of pyridine rings is 1. The molecule has 0 bridgehead atoms. The minimum atomic E-state index is 0.159. The summed E-state index contributed by atoms with van der Waals surface area (Å²) in [7, 11) is 2.21. The summed E-state index contributed by atoms with van der Waals surface area (Å²) in [5, 5.41) is 0. The van der Waals surface area contributed by atoms with Crippen molar-refractivity contribution < 1.29 is 0 Å². The molecule has 4 heteroatoms. The Morgan fingerprint density at radius 1 is 1.42 bits per heavy atom. The molecule has 4 nitrogen and oxygen atoms in total. The maximum Gasteiger partial charge on any atom is 0.0471 e. The Labute approximate surface area is 115 Å². The topological polar surface area (TPSA) is 45.4 Å². The van der Waals surface area contributed by atoms with Crippen molar-refractivity contribution in [2.45, 2.75) is 37.4 Å². The Balaban J connectivity index is 1.67. The molecule has 2 N–H and O–H groups in total. The lowest BCUT2D eigenvalue weighted by Crippen LogP contribution is -2.53. The van der Waals surface area contributed by atoms with Gasteiger partial charge in [-0.2, -0.15) is 0 Å². The third kappa shape index (κ3) is 2.66. The van der Waals surface area contributed by atoms with Gasteiger partial charge in [-0.3, -0.25) is 14.8 Å². The fourth-order valence-electron chi connectivity index (χ4n) is 3.20. The summed E-state index contributed by atoms with van der Waals surface area (Å²) < 4.78 is 0. The summed E-state index contributed by atoms with van der Waals surface area (Å²) in [5.41, 5.74) is 7.60. The summed E-state index contributed by atoms with van der Waals surface area (Å²) in [4.78, 5) is 9.16. The molecule has 0 amide bonds. The fraction of sp³-hybridized carbons (Fsp3) is 0.667. The Bertz CT molecular complexity index is 417. The Hall–Kier alpha value is -0.970. The quantitative estimate of drug-likeness (QED) is 0.860. The number of nitrogens with two attached hydrogens (primary N) is 1. The molecule has 1 aromatic rings. The lowest BCUT2D eigenvalue weighted by atomic mass is 9.96. The zero-order chi connectivity index (χ0) is 13.3. The highest BCUT2D eigenvalue weighted by Gasteiger charge is 2.44. The lowest BCUT2D eigenvalue weighted by molar-refractivity contribution is 0.120. The van der Waals surface area contributed by atoms with Crippen molar-refractivity contribution in [3.63, 3.8) is 0 Å². The van der Waals surface area contributed by atoms with Gasteiger partial charge in [0.05, 0.1) is 0 Å². The monoisotopic (exact) mass is 260 g/mol. The number of hydrogen-bond donors (Lipinski definition) is 1. The molecule has 1 aliphatic carbocycles. The molecule has 3 rings (SSSR count). The SMILES string of the molecule is CN(Cc1ccncc1)C1(CN)CCN(C2CC2)C1. The predicted molar refractivity (Wildman–Crippen MR) is 76.7 cm³/mol. The van der Waals surface area contributed by atoms with Gasteiger partial charge >= 0.3 is 0 Å². The molecule has 1 unspecified atom stereocenters. The first-order chi connectivity index (χ1) is 9.23. The van der Waals surface area contributed by atoms with Gasteiger partial charge in [0.15, 0.2) is 0 Å². The third-order valence-electron chi connectivity index (χ3n) is 4.78. The van der Waals surface area contributed by atoms with Crippen LogP contribution in [0.5, 0.6) is 0 Å². The maximum atomic E-state index is 6.13. The van der Waals surface area contributed by atoms with Gasteiger partial charge in [0.2, 0.25) is 0 Å². The van der Waals surface area contributed by atoms with Gasteiger partial charge in [0.25, 0.3) is 0 Å². The van der Waals surface area contributed by atoms with Crippen LogP contribution in [0.2, 0.25) is 0 Å². The smallest absolute Gasteiger partial charge is 0.0471 e. The van der Waals surface area contributed by atoms with E-state index in [1.165, 1.54) is 31.4 Å². The second kappa shape index (κ2) is 5.19. The fourth-order valence-corrected chi connectivity index (χ4v) is 3.20. The van der Waals surface area contributed by atoms with Crippen LogP contribution in [0.1, 0.15) is 24.8 Å². The summed E-state index contributed by atoms with van der Waals surface area (Å²) in [6, 6.07) is 5.03. The molecule has 1 aliphatic heterocycles. The molecule has 2 fully saturated rings. The number of rotatable bonds is 5. The van der Waals surface area contributed by atoms with E-state index in [-0.39, 0.29) is 5.54 Å². The van der Waals surface area contributed by atoms with Crippen LogP contribution in [-0.2, 0) is 6.54 Å². The molecule has 1 saturated carbocycles. The van der Waals surface area contributed by atoms with E-state index in [1.807, 2.05) is 12.4 Å². The van der Waals surface area contributed by atoms with E-state index >= 15 is 0 Å². The van der Waals surface area contributed by atoms with Gasteiger partial charge in [-0.25, -0.2) is 0 Å².